The van der Waals surface area contributed by atoms with Gasteiger partial charge in [0.05, 0.1) is 0 Å². The van der Waals surface area contributed by atoms with Crippen molar-refractivity contribution in [1.82, 2.24) is 0 Å². The first-order chi connectivity index (χ1) is 6.51. The van der Waals surface area contributed by atoms with E-state index in [0.717, 1.165) is 0 Å². The van der Waals surface area contributed by atoms with E-state index in [0.29, 0.717) is 5.75 Å². The highest BCUT2D eigenvalue weighted by Crippen LogP contribution is 2.23. The number of hydrogen-bond acceptors (Lipinski definition) is 4. The predicted octanol–water partition coefficient (Wildman–Crippen LogP) is 2.61. The zero-order chi connectivity index (χ0) is 12.3. The largest absolute Gasteiger partial charge is 0.459 e. The number of rotatable bonds is 3. The first kappa shape index (κ1) is 18.4. The number of carbonyl (C=O) groups excluding carboxylic acids is 1. The zero-order valence-electron chi connectivity index (χ0n) is 11.0. The molecular weight excluding hydrogens is 246 g/mol. The first-order valence-corrected chi connectivity index (χ1v) is 6.12. The van der Waals surface area contributed by atoms with Gasteiger partial charge in [0.1, 0.15) is 11.6 Å². The number of thioether (sulfide) groups is 1. The van der Waals surface area contributed by atoms with E-state index in [-0.39, 0.29) is 23.1 Å². The second-order valence-corrected chi connectivity index (χ2v) is 7.41. The van der Waals surface area contributed by atoms with Gasteiger partial charge in [-0.15, -0.1) is 12.4 Å². The number of carbonyl (C=O) groups is 1. The lowest BCUT2D eigenvalue weighted by atomic mass is 10.2. The van der Waals surface area contributed by atoms with Crippen molar-refractivity contribution in [2.45, 2.75) is 57.9 Å². The molecule has 1 atom stereocenters. The molecule has 0 amide bonds. The van der Waals surface area contributed by atoms with E-state index >= 15 is 0 Å². The van der Waals surface area contributed by atoms with Gasteiger partial charge in [0.2, 0.25) is 0 Å². The van der Waals surface area contributed by atoms with Crippen molar-refractivity contribution in [3.63, 3.8) is 0 Å². The maximum atomic E-state index is 11.5. The maximum Gasteiger partial charge on any atom is 0.324 e. The van der Waals surface area contributed by atoms with Crippen molar-refractivity contribution in [3.05, 3.63) is 0 Å². The van der Waals surface area contributed by atoms with Gasteiger partial charge in [0.15, 0.2) is 0 Å². The minimum Gasteiger partial charge on any atom is -0.459 e. The summed E-state index contributed by atoms with van der Waals surface area (Å²) < 4.78 is 5.31. The Kier molecular flexibility index (Phi) is 7.74. The zero-order valence-corrected chi connectivity index (χ0v) is 12.6. The van der Waals surface area contributed by atoms with Crippen LogP contribution in [-0.2, 0) is 9.53 Å². The summed E-state index contributed by atoms with van der Waals surface area (Å²) >= 11 is 1.67. The molecule has 0 aliphatic carbocycles. The molecule has 0 unspecified atom stereocenters. The van der Waals surface area contributed by atoms with Crippen LogP contribution in [0.2, 0.25) is 0 Å². The fourth-order valence-corrected chi connectivity index (χ4v) is 1.60. The van der Waals surface area contributed by atoms with Crippen LogP contribution in [-0.4, -0.2) is 28.1 Å². The van der Waals surface area contributed by atoms with Crippen LogP contribution in [0.5, 0.6) is 0 Å². The van der Waals surface area contributed by atoms with E-state index in [1.165, 1.54) is 0 Å². The van der Waals surface area contributed by atoms with Gasteiger partial charge >= 0.3 is 5.97 Å². The second kappa shape index (κ2) is 6.72. The standard InChI is InChI=1S/C11H23NO2S.ClH/c1-10(2,3)14-9(13)8(12)7-15-11(4,5)6;/h8H,7,12H2,1-6H3;1H/t8-;/m0./s1. The van der Waals surface area contributed by atoms with Crippen molar-refractivity contribution in [2.75, 3.05) is 5.75 Å². The number of ether oxygens (including phenoxy) is 1. The molecule has 0 aliphatic rings. The maximum absolute atomic E-state index is 11.5. The molecule has 3 nitrogen and oxygen atoms in total. The lowest BCUT2D eigenvalue weighted by molar-refractivity contribution is -0.155. The van der Waals surface area contributed by atoms with Gasteiger partial charge in [-0.25, -0.2) is 0 Å². The Hall–Kier alpha value is 0.0700. The average Bonchev–Trinajstić information content (AvgIpc) is 1.95. The van der Waals surface area contributed by atoms with Crippen LogP contribution in [0.1, 0.15) is 41.5 Å². The van der Waals surface area contributed by atoms with Crippen molar-refractivity contribution < 1.29 is 9.53 Å². The molecule has 0 aromatic rings. The van der Waals surface area contributed by atoms with Gasteiger partial charge in [-0.2, -0.15) is 11.8 Å². The fraction of sp³-hybridized carbons (Fsp3) is 0.909. The van der Waals surface area contributed by atoms with Crippen molar-refractivity contribution in [3.8, 4) is 0 Å². The number of nitrogens with two attached hydrogens (primary N) is 1. The normalized spacial score (nSPS) is 13.9. The molecule has 2 N–H and O–H groups in total. The monoisotopic (exact) mass is 269 g/mol. The molecule has 0 saturated carbocycles. The third-order valence-corrected chi connectivity index (χ3v) is 2.80. The van der Waals surface area contributed by atoms with E-state index in [9.17, 15) is 4.79 Å². The predicted molar refractivity (Wildman–Crippen MR) is 73.3 cm³/mol. The van der Waals surface area contributed by atoms with Crippen LogP contribution in [0.25, 0.3) is 0 Å². The van der Waals surface area contributed by atoms with Crippen LogP contribution >= 0.6 is 24.2 Å². The summed E-state index contributed by atoms with van der Waals surface area (Å²) in [5.74, 6) is 0.276. The van der Waals surface area contributed by atoms with E-state index in [1.807, 2.05) is 20.8 Å². The molecule has 0 rings (SSSR count). The van der Waals surface area contributed by atoms with E-state index in [4.69, 9.17) is 10.5 Å². The molecule has 0 heterocycles. The molecule has 0 aromatic carbocycles. The first-order valence-electron chi connectivity index (χ1n) is 5.14. The van der Waals surface area contributed by atoms with Crippen LogP contribution in [0.3, 0.4) is 0 Å². The SMILES string of the molecule is CC(C)(C)OC(=O)[C@@H](N)CSC(C)(C)C.Cl. The Morgan fingerprint density at radius 1 is 1.25 bits per heavy atom. The molecule has 16 heavy (non-hydrogen) atoms. The smallest absolute Gasteiger partial charge is 0.324 e. The van der Waals surface area contributed by atoms with Crippen molar-refractivity contribution in [2.24, 2.45) is 5.73 Å². The molecule has 0 aromatic heterocycles. The quantitative estimate of drug-likeness (QED) is 0.801. The molecule has 0 bridgehead atoms. The Morgan fingerprint density at radius 3 is 2.00 bits per heavy atom. The van der Waals surface area contributed by atoms with Crippen LogP contribution < -0.4 is 5.73 Å². The molecular formula is C11H24ClNO2S. The van der Waals surface area contributed by atoms with Gasteiger partial charge in [-0.05, 0) is 20.8 Å². The minimum atomic E-state index is -0.534. The third kappa shape index (κ3) is 10.6. The molecule has 0 aliphatic heterocycles. The van der Waals surface area contributed by atoms with Gasteiger partial charge in [0, 0.05) is 10.5 Å². The third-order valence-electron chi connectivity index (χ3n) is 1.41. The lowest BCUT2D eigenvalue weighted by Crippen LogP contribution is -2.39. The number of hydrogen-bond donors (Lipinski definition) is 1. The Bertz CT molecular complexity index is 221. The number of halogens is 1. The second-order valence-electron chi connectivity index (χ2n) is 5.56. The summed E-state index contributed by atoms with van der Waals surface area (Å²) in [6.07, 6.45) is 0. The molecule has 98 valence electrons. The van der Waals surface area contributed by atoms with Crippen LogP contribution in [0.4, 0.5) is 0 Å². The Morgan fingerprint density at radius 2 is 1.69 bits per heavy atom. The minimum absolute atomic E-state index is 0. The lowest BCUT2D eigenvalue weighted by Gasteiger charge is -2.24. The van der Waals surface area contributed by atoms with E-state index in [1.54, 1.807) is 11.8 Å². The summed E-state index contributed by atoms with van der Waals surface area (Å²) in [7, 11) is 0. The van der Waals surface area contributed by atoms with Crippen molar-refractivity contribution in [1.29, 1.82) is 0 Å². The molecule has 0 fully saturated rings. The summed E-state index contributed by atoms with van der Waals surface area (Å²) in [6.45, 7) is 11.8. The summed E-state index contributed by atoms with van der Waals surface area (Å²) in [4.78, 5) is 11.5. The van der Waals surface area contributed by atoms with E-state index in [2.05, 4.69) is 20.8 Å². The van der Waals surface area contributed by atoms with Gasteiger partial charge in [-0.3, -0.25) is 4.79 Å². The Balaban J connectivity index is 0. The topological polar surface area (TPSA) is 52.3 Å². The molecule has 5 heteroatoms. The van der Waals surface area contributed by atoms with Gasteiger partial charge in [0.25, 0.3) is 0 Å². The Labute approximate surface area is 109 Å². The number of esters is 1. The van der Waals surface area contributed by atoms with Gasteiger partial charge in [-0.1, -0.05) is 20.8 Å². The van der Waals surface area contributed by atoms with Crippen LogP contribution in [0.15, 0.2) is 0 Å². The average molecular weight is 270 g/mol. The van der Waals surface area contributed by atoms with E-state index < -0.39 is 11.6 Å². The summed E-state index contributed by atoms with van der Waals surface area (Å²) in [5, 5.41) is 0. The van der Waals surface area contributed by atoms with Gasteiger partial charge < -0.3 is 10.5 Å². The van der Waals surface area contributed by atoms with Crippen LogP contribution in [0, 0.1) is 0 Å². The summed E-state index contributed by atoms with van der Waals surface area (Å²) in [5.41, 5.74) is 5.28. The highest BCUT2D eigenvalue weighted by molar-refractivity contribution is 8.00. The molecule has 0 saturated heterocycles. The summed E-state index contributed by atoms with van der Waals surface area (Å²) in [6, 6.07) is -0.534. The highest BCUT2D eigenvalue weighted by Gasteiger charge is 2.23. The highest BCUT2D eigenvalue weighted by atomic mass is 35.5. The fourth-order valence-electron chi connectivity index (χ4n) is 0.785. The molecule has 0 radical (unpaired) electrons. The molecule has 0 spiro atoms. The van der Waals surface area contributed by atoms with Crippen molar-refractivity contribution >= 4 is 30.1 Å².